The monoisotopic (exact) mass is 214 g/mol. The quantitative estimate of drug-likeness (QED) is 0.610. The molecule has 15 heavy (non-hydrogen) atoms. The predicted molar refractivity (Wildman–Crippen MR) is 68.9 cm³/mol. The first-order valence-electron chi connectivity index (χ1n) is 6.41. The topological polar surface area (TPSA) is 38.0 Å². The number of hydrogen-bond donors (Lipinski definition) is 2. The third kappa shape index (κ3) is 7.80. The number of nitrogens with two attached hydrogens (primary N) is 1. The van der Waals surface area contributed by atoms with Gasteiger partial charge in [-0.05, 0) is 50.6 Å². The normalized spacial score (nSPS) is 14.2. The van der Waals surface area contributed by atoms with Crippen LogP contribution in [0.4, 0.5) is 0 Å². The molecule has 1 atom stereocenters. The van der Waals surface area contributed by atoms with Gasteiger partial charge in [0.1, 0.15) is 0 Å². The van der Waals surface area contributed by atoms with E-state index in [4.69, 9.17) is 5.73 Å². The van der Waals surface area contributed by atoms with Crippen LogP contribution in [0.3, 0.4) is 0 Å². The molecule has 0 aromatic carbocycles. The lowest BCUT2D eigenvalue weighted by molar-refractivity contribution is 0.275. The molecule has 2 nitrogen and oxygen atoms in total. The second kappa shape index (κ2) is 8.12. The Morgan fingerprint density at radius 2 is 1.53 bits per heavy atom. The molecule has 2 heteroatoms. The fourth-order valence-electron chi connectivity index (χ4n) is 2.06. The summed E-state index contributed by atoms with van der Waals surface area (Å²) in [6, 6.07) is 0.345. The highest BCUT2D eigenvalue weighted by molar-refractivity contribution is 4.69. The van der Waals surface area contributed by atoms with E-state index in [9.17, 15) is 0 Å². The minimum absolute atomic E-state index is 0.345. The van der Waals surface area contributed by atoms with Crippen LogP contribution < -0.4 is 11.1 Å². The van der Waals surface area contributed by atoms with E-state index in [2.05, 4.69) is 39.9 Å². The molecule has 0 aromatic rings. The van der Waals surface area contributed by atoms with Crippen molar-refractivity contribution in [2.45, 2.75) is 53.5 Å². The van der Waals surface area contributed by atoms with Crippen molar-refractivity contribution < 1.29 is 0 Å². The van der Waals surface area contributed by atoms with Crippen LogP contribution in [0.5, 0.6) is 0 Å². The SMILES string of the molecule is CC(N)CCCNCC(C(C)C)C(C)C. The van der Waals surface area contributed by atoms with Crippen molar-refractivity contribution in [3.05, 3.63) is 0 Å². The van der Waals surface area contributed by atoms with E-state index in [1.807, 2.05) is 0 Å². The lowest BCUT2D eigenvalue weighted by Gasteiger charge is -2.25. The lowest BCUT2D eigenvalue weighted by atomic mass is 9.85. The van der Waals surface area contributed by atoms with Crippen LogP contribution in [0.25, 0.3) is 0 Å². The third-order valence-electron chi connectivity index (χ3n) is 3.11. The minimum atomic E-state index is 0.345. The molecule has 0 rings (SSSR count). The van der Waals surface area contributed by atoms with Gasteiger partial charge in [0.15, 0.2) is 0 Å². The van der Waals surface area contributed by atoms with Crippen molar-refractivity contribution in [1.82, 2.24) is 5.32 Å². The summed E-state index contributed by atoms with van der Waals surface area (Å²) >= 11 is 0. The molecule has 0 aliphatic heterocycles. The highest BCUT2D eigenvalue weighted by Crippen LogP contribution is 2.19. The van der Waals surface area contributed by atoms with Gasteiger partial charge in [-0.25, -0.2) is 0 Å². The van der Waals surface area contributed by atoms with Gasteiger partial charge in [-0.15, -0.1) is 0 Å². The molecule has 1 unspecified atom stereocenters. The number of nitrogens with one attached hydrogen (secondary N) is 1. The van der Waals surface area contributed by atoms with Crippen LogP contribution in [-0.4, -0.2) is 19.1 Å². The molecule has 0 bridgehead atoms. The van der Waals surface area contributed by atoms with Crippen molar-refractivity contribution >= 4 is 0 Å². The summed E-state index contributed by atoms with van der Waals surface area (Å²) in [6.07, 6.45) is 2.32. The van der Waals surface area contributed by atoms with Crippen molar-refractivity contribution in [2.75, 3.05) is 13.1 Å². The molecule has 0 aliphatic rings. The zero-order valence-electron chi connectivity index (χ0n) is 11.2. The molecule has 3 N–H and O–H groups in total. The first-order valence-corrected chi connectivity index (χ1v) is 6.41. The van der Waals surface area contributed by atoms with Crippen molar-refractivity contribution in [1.29, 1.82) is 0 Å². The summed E-state index contributed by atoms with van der Waals surface area (Å²) in [5.41, 5.74) is 5.70. The van der Waals surface area contributed by atoms with E-state index in [0.717, 1.165) is 37.3 Å². The molecular formula is C13H30N2. The smallest absolute Gasteiger partial charge is 0.00109 e. The Morgan fingerprint density at radius 3 is 1.93 bits per heavy atom. The third-order valence-corrected chi connectivity index (χ3v) is 3.11. The first-order chi connectivity index (χ1) is 6.95. The van der Waals surface area contributed by atoms with E-state index >= 15 is 0 Å². The zero-order chi connectivity index (χ0) is 11.8. The van der Waals surface area contributed by atoms with Gasteiger partial charge in [-0.1, -0.05) is 27.7 Å². The summed E-state index contributed by atoms with van der Waals surface area (Å²) in [7, 11) is 0. The van der Waals surface area contributed by atoms with Crippen molar-refractivity contribution in [3.8, 4) is 0 Å². The van der Waals surface area contributed by atoms with Crippen molar-refractivity contribution in [3.63, 3.8) is 0 Å². The molecule has 0 saturated carbocycles. The van der Waals surface area contributed by atoms with Crippen LogP contribution in [0.1, 0.15) is 47.5 Å². The second-order valence-electron chi connectivity index (χ2n) is 5.48. The second-order valence-corrected chi connectivity index (χ2v) is 5.48. The summed E-state index contributed by atoms with van der Waals surface area (Å²) in [5, 5.41) is 3.55. The van der Waals surface area contributed by atoms with E-state index in [1.54, 1.807) is 0 Å². The average Bonchev–Trinajstić information content (AvgIpc) is 2.08. The van der Waals surface area contributed by atoms with Gasteiger partial charge < -0.3 is 11.1 Å². The van der Waals surface area contributed by atoms with E-state index < -0.39 is 0 Å². The Bertz CT molecular complexity index is 133. The first kappa shape index (κ1) is 14.9. The van der Waals surface area contributed by atoms with E-state index in [0.29, 0.717) is 6.04 Å². The predicted octanol–water partition coefficient (Wildman–Crippen LogP) is 2.63. The standard InChI is InChI=1S/C13H30N2/c1-10(2)13(11(3)4)9-15-8-6-7-12(5)14/h10-13,15H,6-9,14H2,1-5H3. The molecular weight excluding hydrogens is 184 g/mol. The molecule has 0 spiro atoms. The molecule has 0 aromatic heterocycles. The van der Waals surface area contributed by atoms with Crippen LogP contribution in [0.2, 0.25) is 0 Å². The fourth-order valence-corrected chi connectivity index (χ4v) is 2.06. The van der Waals surface area contributed by atoms with Gasteiger partial charge >= 0.3 is 0 Å². The Labute approximate surface area is 96.0 Å². The molecule has 0 amide bonds. The Hall–Kier alpha value is -0.0800. The molecule has 0 aliphatic carbocycles. The minimum Gasteiger partial charge on any atom is -0.328 e. The number of rotatable bonds is 8. The average molecular weight is 214 g/mol. The Morgan fingerprint density at radius 1 is 1.00 bits per heavy atom. The summed E-state index contributed by atoms with van der Waals surface area (Å²) in [5.74, 6) is 2.33. The highest BCUT2D eigenvalue weighted by atomic mass is 14.9. The van der Waals surface area contributed by atoms with Crippen molar-refractivity contribution in [2.24, 2.45) is 23.5 Å². The van der Waals surface area contributed by atoms with Gasteiger partial charge in [0.05, 0.1) is 0 Å². The molecule has 92 valence electrons. The number of hydrogen-bond acceptors (Lipinski definition) is 2. The Kier molecular flexibility index (Phi) is 8.07. The lowest BCUT2D eigenvalue weighted by Crippen LogP contribution is -2.31. The summed E-state index contributed by atoms with van der Waals surface area (Å²) in [6.45, 7) is 13.6. The highest BCUT2D eigenvalue weighted by Gasteiger charge is 2.16. The fraction of sp³-hybridized carbons (Fsp3) is 1.00. The van der Waals surface area contributed by atoms with E-state index in [1.165, 1.54) is 6.42 Å². The molecule has 0 fully saturated rings. The van der Waals surface area contributed by atoms with Crippen LogP contribution >= 0.6 is 0 Å². The van der Waals surface area contributed by atoms with Gasteiger partial charge in [-0.2, -0.15) is 0 Å². The summed E-state index contributed by atoms with van der Waals surface area (Å²) in [4.78, 5) is 0. The van der Waals surface area contributed by atoms with Gasteiger partial charge in [0, 0.05) is 6.04 Å². The van der Waals surface area contributed by atoms with Crippen LogP contribution in [0.15, 0.2) is 0 Å². The maximum Gasteiger partial charge on any atom is 0.00109 e. The van der Waals surface area contributed by atoms with Crippen LogP contribution in [-0.2, 0) is 0 Å². The van der Waals surface area contributed by atoms with Gasteiger partial charge in [-0.3, -0.25) is 0 Å². The maximum atomic E-state index is 5.70. The molecule has 0 radical (unpaired) electrons. The van der Waals surface area contributed by atoms with E-state index in [-0.39, 0.29) is 0 Å². The summed E-state index contributed by atoms with van der Waals surface area (Å²) < 4.78 is 0. The Balaban J connectivity index is 3.55. The van der Waals surface area contributed by atoms with Gasteiger partial charge in [0.2, 0.25) is 0 Å². The van der Waals surface area contributed by atoms with Crippen LogP contribution in [0, 0.1) is 17.8 Å². The maximum absolute atomic E-state index is 5.70. The largest absolute Gasteiger partial charge is 0.328 e. The van der Waals surface area contributed by atoms with Gasteiger partial charge in [0.25, 0.3) is 0 Å². The molecule has 0 heterocycles. The molecule has 0 saturated heterocycles. The zero-order valence-corrected chi connectivity index (χ0v) is 11.2.